The summed E-state index contributed by atoms with van der Waals surface area (Å²) in [5, 5.41) is 24.4. The molecule has 2 atom stereocenters. The fourth-order valence-corrected chi connectivity index (χ4v) is 3.38. The molecule has 1 saturated heterocycles. The number of halogens is 1. The zero-order valence-corrected chi connectivity index (χ0v) is 15.0. The molecule has 0 saturated carbocycles. The summed E-state index contributed by atoms with van der Waals surface area (Å²) < 4.78 is 1.44. The van der Waals surface area contributed by atoms with Crippen LogP contribution >= 0.6 is 11.6 Å². The number of aliphatic hydroxyl groups is 1. The number of piperidine rings is 1. The van der Waals surface area contributed by atoms with E-state index in [9.17, 15) is 19.8 Å². The number of carboxylic acids is 1. The van der Waals surface area contributed by atoms with Crippen LogP contribution in [0, 0.1) is 11.3 Å². The van der Waals surface area contributed by atoms with Gasteiger partial charge in [-0.1, -0.05) is 25.4 Å². The SMILES string of the molecule is CC(C)CC[C@@]1(C(=O)O)CN(C(=O)c2nn(C)cc2Cl)CC[C@H]1O. The van der Waals surface area contributed by atoms with Gasteiger partial charge in [0.25, 0.3) is 5.91 Å². The predicted octanol–water partition coefficient (Wildman–Crippen LogP) is 1.79. The minimum absolute atomic E-state index is 0.0397. The maximum Gasteiger partial charge on any atom is 0.314 e. The molecule has 0 aromatic carbocycles. The van der Waals surface area contributed by atoms with Crippen molar-refractivity contribution in [2.24, 2.45) is 18.4 Å². The Balaban J connectivity index is 2.26. The number of carboxylic acid groups (broad SMARTS) is 1. The Morgan fingerprint density at radius 3 is 2.67 bits per heavy atom. The highest BCUT2D eigenvalue weighted by Crippen LogP contribution is 2.37. The Hall–Kier alpha value is -1.60. The number of aryl methyl sites for hydroxylation is 1. The number of carbonyl (C=O) groups excluding carboxylic acids is 1. The van der Waals surface area contributed by atoms with Crippen molar-refractivity contribution >= 4 is 23.5 Å². The Labute approximate surface area is 146 Å². The first-order valence-corrected chi connectivity index (χ1v) is 8.45. The summed E-state index contributed by atoms with van der Waals surface area (Å²) >= 11 is 6.03. The maximum atomic E-state index is 12.7. The van der Waals surface area contributed by atoms with Gasteiger partial charge in [-0.25, -0.2) is 0 Å². The van der Waals surface area contributed by atoms with Gasteiger partial charge >= 0.3 is 5.97 Å². The number of aliphatic carboxylic acids is 1. The van der Waals surface area contributed by atoms with E-state index in [4.69, 9.17) is 11.6 Å². The molecule has 0 aliphatic carbocycles. The third-order valence-corrected chi connectivity index (χ3v) is 4.93. The molecule has 0 bridgehead atoms. The van der Waals surface area contributed by atoms with Crippen LogP contribution in [0.3, 0.4) is 0 Å². The smallest absolute Gasteiger partial charge is 0.314 e. The molecule has 1 aromatic rings. The van der Waals surface area contributed by atoms with Gasteiger partial charge < -0.3 is 15.1 Å². The van der Waals surface area contributed by atoms with Crippen molar-refractivity contribution in [1.29, 1.82) is 0 Å². The Kier molecular flexibility index (Phi) is 5.55. The number of amides is 1. The number of carbonyl (C=O) groups is 2. The van der Waals surface area contributed by atoms with Crippen molar-refractivity contribution in [2.45, 2.75) is 39.2 Å². The van der Waals surface area contributed by atoms with Crippen molar-refractivity contribution in [2.75, 3.05) is 13.1 Å². The minimum Gasteiger partial charge on any atom is -0.481 e. The molecule has 1 aromatic heterocycles. The molecule has 1 aliphatic rings. The van der Waals surface area contributed by atoms with Gasteiger partial charge in [0.15, 0.2) is 5.69 Å². The van der Waals surface area contributed by atoms with Crippen molar-refractivity contribution in [3.8, 4) is 0 Å². The van der Waals surface area contributed by atoms with E-state index in [1.807, 2.05) is 13.8 Å². The molecule has 2 N–H and O–H groups in total. The normalized spacial score (nSPS) is 24.4. The third-order valence-electron chi connectivity index (χ3n) is 4.65. The molecule has 24 heavy (non-hydrogen) atoms. The van der Waals surface area contributed by atoms with Crippen molar-refractivity contribution in [3.05, 3.63) is 16.9 Å². The summed E-state index contributed by atoms with van der Waals surface area (Å²) in [5.41, 5.74) is -1.24. The summed E-state index contributed by atoms with van der Waals surface area (Å²) in [4.78, 5) is 26.1. The van der Waals surface area contributed by atoms with Gasteiger partial charge in [0.05, 0.1) is 11.1 Å². The van der Waals surface area contributed by atoms with E-state index in [0.29, 0.717) is 18.8 Å². The zero-order chi connectivity index (χ0) is 18.1. The van der Waals surface area contributed by atoms with E-state index in [0.717, 1.165) is 0 Å². The third kappa shape index (κ3) is 3.57. The quantitative estimate of drug-likeness (QED) is 0.837. The van der Waals surface area contributed by atoms with Gasteiger partial charge in [0.2, 0.25) is 0 Å². The predicted molar refractivity (Wildman–Crippen MR) is 88.9 cm³/mol. The highest BCUT2D eigenvalue weighted by molar-refractivity contribution is 6.33. The van der Waals surface area contributed by atoms with E-state index >= 15 is 0 Å². The Morgan fingerprint density at radius 1 is 1.50 bits per heavy atom. The van der Waals surface area contributed by atoms with Gasteiger partial charge in [-0.05, 0) is 25.2 Å². The van der Waals surface area contributed by atoms with E-state index < -0.39 is 23.4 Å². The number of hydrogen-bond acceptors (Lipinski definition) is 4. The highest BCUT2D eigenvalue weighted by atomic mass is 35.5. The molecule has 134 valence electrons. The fourth-order valence-electron chi connectivity index (χ4n) is 3.12. The number of rotatable bonds is 5. The number of aliphatic hydroxyl groups excluding tert-OH is 1. The van der Waals surface area contributed by atoms with Crippen LogP contribution < -0.4 is 0 Å². The summed E-state index contributed by atoms with van der Waals surface area (Å²) in [6, 6.07) is 0. The summed E-state index contributed by atoms with van der Waals surface area (Å²) in [6.45, 7) is 4.24. The number of likely N-dealkylation sites (tertiary alicyclic amines) is 1. The first-order chi connectivity index (χ1) is 11.2. The molecule has 0 radical (unpaired) electrons. The molecule has 7 nitrogen and oxygen atoms in total. The van der Waals surface area contributed by atoms with Crippen molar-refractivity contribution in [1.82, 2.24) is 14.7 Å². The largest absolute Gasteiger partial charge is 0.481 e. The zero-order valence-electron chi connectivity index (χ0n) is 14.2. The summed E-state index contributed by atoms with van der Waals surface area (Å²) in [6.07, 6.45) is 1.76. The second-order valence-corrected chi connectivity index (χ2v) is 7.33. The van der Waals surface area contributed by atoms with Crippen LogP contribution in [0.1, 0.15) is 43.6 Å². The standard InChI is InChI=1S/C16H24ClN3O4/c1-10(2)4-6-16(15(23)24)9-20(7-5-12(16)21)14(22)13-11(17)8-19(3)18-13/h8,10,12,21H,4-7,9H2,1-3H3,(H,23,24)/t12-,16-/m1/s1. The maximum absolute atomic E-state index is 12.7. The lowest BCUT2D eigenvalue weighted by Gasteiger charge is -2.43. The van der Waals surface area contributed by atoms with Crippen molar-refractivity contribution in [3.63, 3.8) is 0 Å². The number of hydrogen-bond donors (Lipinski definition) is 2. The van der Waals surface area contributed by atoms with Gasteiger partial charge in [-0.3, -0.25) is 14.3 Å². The van der Waals surface area contributed by atoms with Gasteiger partial charge in [-0.15, -0.1) is 0 Å². The van der Waals surface area contributed by atoms with Crippen LogP contribution in [0.25, 0.3) is 0 Å². The van der Waals surface area contributed by atoms with E-state index in [-0.39, 0.29) is 30.2 Å². The molecule has 1 aliphatic heterocycles. The van der Waals surface area contributed by atoms with Gasteiger partial charge in [0, 0.05) is 26.3 Å². The molecule has 0 spiro atoms. The van der Waals surface area contributed by atoms with E-state index in [1.54, 1.807) is 7.05 Å². The van der Waals surface area contributed by atoms with E-state index in [2.05, 4.69) is 5.10 Å². The van der Waals surface area contributed by atoms with Crippen LogP contribution in [-0.4, -0.2) is 56.0 Å². The average molecular weight is 358 g/mol. The van der Waals surface area contributed by atoms with Crippen molar-refractivity contribution < 1.29 is 19.8 Å². The second-order valence-electron chi connectivity index (χ2n) is 6.92. The van der Waals surface area contributed by atoms with Gasteiger partial charge in [-0.2, -0.15) is 5.10 Å². The van der Waals surface area contributed by atoms with E-state index in [1.165, 1.54) is 15.8 Å². The number of nitrogens with zero attached hydrogens (tertiary/aromatic N) is 3. The lowest BCUT2D eigenvalue weighted by Crippen LogP contribution is -2.57. The van der Waals surface area contributed by atoms with Crippen LogP contribution in [0.15, 0.2) is 6.20 Å². The van der Waals surface area contributed by atoms with Crippen LogP contribution in [0.4, 0.5) is 0 Å². The molecule has 0 unspecified atom stereocenters. The topological polar surface area (TPSA) is 95.7 Å². The molecule has 2 heterocycles. The van der Waals surface area contributed by atoms with Crippen LogP contribution in [0.5, 0.6) is 0 Å². The Bertz CT molecular complexity index is 631. The number of aromatic nitrogens is 2. The minimum atomic E-state index is -1.35. The van der Waals surface area contributed by atoms with Gasteiger partial charge in [0.1, 0.15) is 5.41 Å². The van der Waals surface area contributed by atoms with Crippen LogP contribution in [-0.2, 0) is 11.8 Å². The molecular formula is C16H24ClN3O4. The molecule has 1 amide bonds. The molecular weight excluding hydrogens is 334 g/mol. The van der Waals surface area contributed by atoms with Crippen LogP contribution in [0.2, 0.25) is 5.02 Å². The first kappa shape index (κ1) is 18.7. The monoisotopic (exact) mass is 357 g/mol. The molecule has 8 heteroatoms. The average Bonchev–Trinajstić information content (AvgIpc) is 2.84. The first-order valence-electron chi connectivity index (χ1n) is 8.07. The fraction of sp³-hybridized carbons (Fsp3) is 0.688. The Morgan fingerprint density at radius 2 is 2.17 bits per heavy atom. The summed E-state index contributed by atoms with van der Waals surface area (Å²) in [5.74, 6) is -1.16. The highest BCUT2D eigenvalue weighted by Gasteiger charge is 2.50. The molecule has 1 fully saturated rings. The lowest BCUT2D eigenvalue weighted by atomic mass is 9.72. The molecule has 2 rings (SSSR count). The second kappa shape index (κ2) is 7.11. The lowest BCUT2D eigenvalue weighted by molar-refractivity contribution is -0.163. The summed E-state index contributed by atoms with van der Waals surface area (Å²) in [7, 11) is 1.66.